The fourth-order valence-corrected chi connectivity index (χ4v) is 4.03. The number of carbonyl (C=O) groups is 2. The molecule has 0 atom stereocenters. The van der Waals surface area contributed by atoms with E-state index in [4.69, 9.17) is 9.47 Å². The van der Waals surface area contributed by atoms with E-state index < -0.39 is 0 Å². The van der Waals surface area contributed by atoms with Crippen LogP contribution in [0.15, 0.2) is 60.0 Å². The predicted octanol–water partition coefficient (Wildman–Crippen LogP) is 3.97. The van der Waals surface area contributed by atoms with Gasteiger partial charge in [-0.3, -0.25) is 9.59 Å². The first kappa shape index (κ1) is 20.0. The van der Waals surface area contributed by atoms with Crippen molar-refractivity contribution < 1.29 is 19.1 Å². The molecule has 154 valence electrons. The van der Waals surface area contributed by atoms with Gasteiger partial charge in [0.05, 0.1) is 12.0 Å². The molecule has 2 amide bonds. The van der Waals surface area contributed by atoms with E-state index in [1.165, 1.54) is 11.3 Å². The Labute approximate surface area is 179 Å². The Morgan fingerprint density at radius 1 is 1.20 bits per heavy atom. The summed E-state index contributed by atoms with van der Waals surface area (Å²) >= 11 is 1.39. The maximum atomic E-state index is 12.6. The van der Waals surface area contributed by atoms with Gasteiger partial charge in [0.1, 0.15) is 11.5 Å². The Balaban J connectivity index is 1.48. The van der Waals surface area contributed by atoms with Gasteiger partial charge < -0.3 is 19.7 Å². The van der Waals surface area contributed by atoms with Gasteiger partial charge in [0, 0.05) is 24.3 Å². The number of nitrogens with zero attached hydrogens (tertiary/aromatic N) is 1. The number of amides is 2. The molecule has 1 aliphatic heterocycles. The van der Waals surface area contributed by atoms with Crippen molar-refractivity contribution >= 4 is 28.8 Å². The van der Waals surface area contributed by atoms with Crippen LogP contribution in [0, 0.1) is 0 Å². The maximum absolute atomic E-state index is 12.6. The van der Waals surface area contributed by atoms with E-state index in [0.29, 0.717) is 35.8 Å². The molecule has 1 N–H and O–H groups in total. The van der Waals surface area contributed by atoms with Gasteiger partial charge in [-0.2, -0.15) is 0 Å². The van der Waals surface area contributed by atoms with Crippen molar-refractivity contribution in [3.63, 3.8) is 0 Å². The van der Waals surface area contributed by atoms with Crippen molar-refractivity contribution in [1.29, 1.82) is 0 Å². The van der Waals surface area contributed by atoms with Crippen LogP contribution in [-0.4, -0.2) is 37.0 Å². The number of nitrogens with one attached hydrogen (secondary N) is 1. The van der Waals surface area contributed by atoms with Crippen LogP contribution in [-0.2, 0) is 17.8 Å². The summed E-state index contributed by atoms with van der Waals surface area (Å²) < 4.78 is 11.1. The number of hydrogen-bond acceptors (Lipinski definition) is 5. The molecule has 0 unspecified atom stereocenters. The van der Waals surface area contributed by atoms with Gasteiger partial charge in [-0.1, -0.05) is 24.3 Å². The molecular weight excluding hydrogens is 400 g/mol. The van der Waals surface area contributed by atoms with Gasteiger partial charge in [0.2, 0.25) is 0 Å². The summed E-state index contributed by atoms with van der Waals surface area (Å²) in [7, 11) is 1.64. The maximum Gasteiger partial charge on any atom is 0.265 e. The Morgan fingerprint density at radius 2 is 2.07 bits per heavy atom. The average Bonchev–Trinajstić information content (AvgIpc) is 3.26. The second-order valence-electron chi connectivity index (χ2n) is 6.92. The van der Waals surface area contributed by atoms with Gasteiger partial charge in [-0.15, -0.1) is 11.3 Å². The first-order valence-corrected chi connectivity index (χ1v) is 10.5. The monoisotopic (exact) mass is 422 g/mol. The highest BCUT2D eigenvalue weighted by Gasteiger charge is 2.22. The molecule has 0 saturated carbocycles. The molecule has 6 nitrogen and oxygen atoms in total. The Bertz CT molecular complexity index is 1050. The number of fused-ring (bicyclic) bond motifs is 1. The Hall–Kier alpha value is -3.32. The molecule has 7 heteroatoms. The van der Waals surface area contributed by atoms with Crippen LogP contribution >= 0.6 is 11.3 Å². The van der Waals surface area contributed by atoms with Crippen molar-refractivity contribution in [1.82, 2.24) is 4.90 Å². The van der Waals surface area contributed by atoms with E-state index in [-0.39, 0.29) is 18.4 Å². The Morgan fingerprint density at radius 3 is 2.87 bits per heavy atom. The van der Waals surface area contributed by atoms with Crippen molar-refractivity contribution in [3.8, 4) is 11.5 Å². The molecule has 2 heterocycles. The zero-order chi connectivity index (χ0) is 20.9. The quantitative estimate of drug-likeness (QED) is 0.653. The molecule has 0 aliphatic carbocycles. The van der Waals surface area contributed by atoms with Crippen LogP contribution in [0.25, 0.3) is 0 Å². The average molecular weight is 423 g/mol. The van der Waals surface area contributed by atoms with Crippen LogP contribution in [0.2, 0.25) is 0 Å². The lowest BCUT2D eigenvalue weighted by Crippen LogP contribution is -2.34. The molecule has 30 heavy (non-hydrogen) atoms. The van der Waals surface area contributed by atoms with Crippen LogP contribution in [0.1, 0.15) is 20.8 Å². The standard InChI is InChI=1S/C23H22N2O4S/c1-28-19-6-3-2-5-16(19)10-11-25-14-17-13-18(8-9-20(17)29-15-22(25)26)24-23(27)21-7-4-12-30-21/h2-9,12-13H,10-11,14-15H2,1H3,(H,24,27). The summed E-state index contributed by atoms with van der Waals surface area (Å²) in [6.45, 7) is 0.972. The minimum absolute atomic E-state index is 0.000173. The fourth-order valence-electron chi connectivity index (χ4n) is 3.42. The van der Waals surface area contributed by atoms with Crippen LogP contribution in [0.5, 0.6) is 11.5 Å². The summed E-state index contributed by atoms with van der Waals surface area (Å²) in [5, 5.41) is 4.78. The zero-order valence-corrected chi connectivity index (χ0v) is 17.4. The van der Waals surface area contributed by atoms with E-state index >= 15 is 0 Å². The largest absolute Gasteiger partial charge is 0.496 e. The third kappa shape index (κ3) is 4.46. The SMILES string of the molecule is COc1ccccc1CCN1Cc2cc(NC(=O)c3cccs3)ccc2OCC1=O. The normalized spacial score (nSPS) is 13.2. The number of carbonyl (C=O) groups excluding carboxylic acids is 2. The van der Waals surface area contributed by atoms with Crippen molar-refractivity contribution in [3.05, 3.63) is 76.0 Å². The van der Waals surface area contributed by atoms with Crippen molar-refractivity contribution in [2.75, 3.05) is 25.6 Å². The molecule has 2 aromatic carbocycles. The second-order valence-corrected chi connectivity index (χ2v) is 7.87. The molecular formula is C23H22N2O4S. The number of hydrogen-bond donors (Lipinski definition) is 1. The first-order valence-electron chi connectivity index (χ1n) is 9.64. The number of anilines is 1. The molecule has 0 saturated heterocycles. The molecule has 0 radical (unpaired) electrons. The number of ether oxygens (including phenoxy) is 2. The summed E-state index contributed by atoms with van der Waals surface area (Å²) in [6.07, 6.45) is 0.680. The van der Waals surface area contributed by atoms with Gasteiger partial charge in [-0.25, -0.2) is 0 Å². The molecule has 0 bridgehead atoms. The summed E-state index contributed by atoms with van der Waals surface area (Å²) in [5.41, 5.74) is 2.59. The van der Waals surface area contributed by atoms with E-state index in [1.807, 2.05) is 41.8 Å². The number of rotatable bonds is 6. The smallest absolute Gasteiger partial charge is 0.265 e. The number of para-hydroxylation sites is 1. The van der Waals surface area contributed by atoms with Gasteiger partial charge >= 0.3 is 0 Å². The lowest BCUT2D eigenvalue weighted by molar-refractivity contribution is -0.133. The van der Waals surface area contributed by atoms with Gasteiger partial charge in [-0.05, 0) is 47.7 Å². The topological polar surface area (TPSA) is 67.9 Å². The highest BCUT2D eigenvalue weighted by molar-refractivity contribution is 7.12. The third-order valence-corrected chi connectivity index (χ3v) is 5.84. The van der Waals surface area contributed by atoms with Crippen LogP contribution in [0.3, 0.4) is 0 Å². The minimum Gasteiger partial charge on any atom is -0.496 e. The number of methoxy groups -OCH3 is 1. The van der Waals surface area contributed by atoms with Crippen molar-refractivity contribution in [2.24, 2.45) is 0 Å². The summed E-state index contributed by atoms with van der Waals surface area (Å²) in [5.74, 6) is 1.26. The second kappa shape index (κ2) is 9.00. The van der Waals surface area contributed by atoms with E-state index in [2.05, 4.69) is 5.32 Å². The number of thiophene rings is 1. The van der Waals surface area contributed by atoms with E-state index in [0.717, 1.165) is 16.9 Å². The molecule has 1 aliphatic rings. The van der Waals surface area contributed by atoms with Gasteiger partial charge in [0.15, 0.2) is 6.61 Å². The lowest BCUT2D eigenvalue weighted by Gasteiger charge is -2.21. The van der Waals surface area contributed by atoms with Gasteiger partial charge in [0.25, 0.3) is 11.8 Å². The van der Waals surface area contributed by atoms with E-state index in [9.17, 15) is 9.59 Å². The molecule has 4 rings (SSSR count). The lowest BCUT2D eigenvalue weighted by atomic mass is 10.1. The van der Waals surface area contributed by atoms with Crippen molar-refractivity contribution in [2.45, 2.75) is 13.0 Å². The number of benzene rings is 2. The predicted molar refractivity (Wildman–Crippen MR) is 116 cm³/mol. The van der Waals surface area contributed by atoms with Crippen LogP contribution < -0.4 is 14.8 Å². The molecule has 0 fully saturated rings. The zero-order valence-electron chi connectivity index (χ0n) is 16.6. The minimum atomic E-state index is -0.149. The first-order chi connectivity index (χ1) is 14.6. The molecule has 3 aromatic rings. The Kier molecular flexibility index (Phi) is 5.99. The highest BCUT2D eigenvalue weighted by Crippen LogP contribution is 2.28. The molecule has 1 aromatic heterocycles. The molecule has 0 spiro atoms. The van der Waals surface area contributed by atoms with E-state index in [1.54, 1.807) is 30.2 Å². The van der Waals surface area contributed by atoms with Crippen LogP contribution in [0.4, 0.5) is 5.69 Å². The third-order valence-electron chi connectivity index (χ3n) is 4.97. The summed E-state index contributed by atoms with van der Waals surface area (Å²) in [6, 6.07) is 16.9. The highest BCUT2D eigenvalue weighted by atomic mass is 32.1. The summed E-state index contributed by atoms with van der Waals surface area (Å²) in [4.78, 5) is 27.3. The fraction of sp³-hybridized carbons (Fsp3) is 0.217.